The zero-order valence-corrected chi connectivity index (χ0v) is 10.3. The van der Waals surface area contributed by atoms with Gasteiger partial charge < -0.3 is 10.0 Å². The Morgan fingerprint density at radius 1 is 1.44 bits per heavy atom. The minimum atomic E-state index is -0.843. The monoisotopic (exact) mass is 281 g/mol. The van der Waals surface area contributed by atoms with Crippen LogP contribution in [0.25, 0.3) is 5.57 Å². The van der Waals surface area contributed by atoms with E-state index < -0.39 is 6.09 Å². The molecular weight excluding hydrogens is 270 g/mol. The molecule has 4 heteroatoms. The van der Waals surface area contributed by atoms with E-state index in [2.05, 4.69) is 22.0 Å². The molecule has 1 aliphatic heterocycles. The fraction of sp³-hybridized carbons (Fsp3) is 0.250. The summed E-state index contributed by atoms with van der Waals surface area (Å²) in [4.78, 5) is 12.2. The predicted molar refractivity (Wildman–Crippen MR) is 66.3 cm³/mol. The molecule has 0 aromatic heterocycles. The quantitative estimate of drug-likeness (QED) is 0.859. The van der Waals surface area contributed by atoms with E-state index in [1.54, 1.807) is 0 Å². The first-order chi connectivity index (χ1) is 7.66. The molecular formula is C12H12BrNO2. The minimum Gasteiger partial charge on any atom is -0.465 e. The standard InChI is InChI=1S/C12H12BrNO2/c13-11-3-1-2-10(8-11)9-4-6-14(7-5-9)12(15)16/h1-4,8H,5-7H2,(H,15,16). The first-order valence-electron chi connectivity index (χ1n) is 5.09. The molecule has 1 amide bonds. The number of rotatable bonds is 1. The Morgan fingerprint density at radius 3 is 2.81 bits per heavy atom. The van der Waals surface area contributed by atoms with Crippen LogP contribution in [0.5, 0.6) is 0 Å². The number of carbonyl (C=O) groups is 1. The fourth-order valence-electron chi connectivity index (χ4n) is 1.79. The number of hydrogen-bond acceptors (Lipinski definition) is 1. The highest BCUT2D eigenvalue weighted by Gasteiger charge is 2.16. The maximum Gasteiger partial charge on any atom is 0.407 e. The summed E-state index contributed by atoms with van der Waals surface area (Å²) in [5.41, 5.74) is 2.39. The molecule has 3 nitrogen and oxygen atoms in total. The van der Waals surface area contributed by atoms with Gasteiger partial charge in [-0.05, 0) is 29.7 Å². The molecule has 0 unspecified atom stereocenters. The van der Waals surface area contributed by atoms with Crippen molar-refractivity contribution >= 4 is 27.6 Å². The molecule has 1 N–H and O–H groups in total. The lowest BCUT2D eigenvalue weighted by molar-refractivity contribution is 0.150. The summed E-state index contributed by atoms with van der Waals surface area (Å²) in [7, 11) is 0. The minimum absolute atomic E-state index is 0.483. The molecule has 0 atom stereocenters. The Balaban J connectivity index is 2.16. The van der Waals surface area contributed by atoms with Gasteiger partial charge in [-0.25, -0.2) is 4.79 Å². The van der Waals surface area contributed by atoms with Crippen molar-refractivity contribution in [3.05, 3.63) is 40.4 Å². The van der Waals surface area contributed by atoms with E-state index in [4.69, 9.17) is 5.11 Å². The van der Waals surface area contributed by atoms with Crippen molar-refractivity contribution < 1.29 is 9.90 Å². The van der Waals surface area contributed by atoms with Crippen molar-refractivity contribution in [1.82, 2.24) is 4.90 Å². The van der Waals surface area contributed by atoms with Crippen molar-refractivity contribution in [3.8, 4) is 0 Å². The lowest BCUT2D eigenvalue weighted by Crippen LogP contribution is -2.33. The second kappa shape index (κ2) is 4.70. The van der Waals surface area contributed by atoms with Crippen molar-refractivity contribution in [2.24, 2.45) is 0 Å². The van der Waals surface area contributed by atoms with Crippen LogP contribution < -0.4 is 0 Å². The highest BCUT2D eigenvalue weighted by atomic mass is 79.9. The van der Waals surface area contributed by atoms with Crippen LogP contribution >= 0.6 is 15.9 Å². The third-order valence-corrected chi connectivity index (χ3v) is 3.17. The van der Waals surface area contributed by atoms with Gasteiger partial charge in [-0.1, -0.05) is 34.1 Å². The number of nitrogens with zero attached hydrogens (tertiary/aromatic N) is 1. The summed E-state index contributed by atoms with van der Waals surface area (Å²) in [6, 6.07) is 8.08. The molecule has 1 aromatic rings. The SMILES string of the molecule is O=C(O)N1CC=C(c2cccc(Br)c2)CC1. The van der Waals surface area contributed by atoms with E-state index in [0.29, 0.717) is 13.1 Å². The van der Waals surface area contributed by atoms with Crippen LogP contribution in [-0.2, 0) is 0 Å². The summed E-state index contributed by atoms with van der Waals surface area (Å²) < 4.78 is 1.05. The van der Waals surface area contributed by atoms with Gasteiger partial charge in [0, 0.05) is 17.6 Å². The topological polar surface area (TPSA) is 40.5 Å². The summed E-state index contributed by atoms with van der Waals surface area (Å²) >= 11 is 3.43. The number of halogens is 1. The van der Waals surface area contributed by atoms with Gasteiger partial charge in [0.1, 0.15) is 0 Å². The van der Waals surface area contributed by atoms with E-state index in [1.807, 2.05) is 24.3 Å². The van der Waals surface area contributed by atoms with Gasteiger partial charge >= 0.3 is 6.09 Å². The van der Waals surface area contributed by atoms with Gasteiger partial charge in [0.05, 0.1) is 0 Å². The van der Waals surface area contributed by atoms with E-state index in [9.17, 15) is 4.79 Å². The number of carboxylic acid groups (broad SMARTS) is 1. The van der Waals surface area contributed by atoms with Crippen LogP contribution in [0.1, 0.15) is 12.0 Å². The van der Waals surface area contributed by atoms with E-state index in [1.165, 1.54) is 16.0 Å². The number of benzene rings is 1. The summed E-state index contributed by atoms with van der Waals surface area (Å²) in [6.45, 7) is 1.06. The zero-order chi connectivity index (χ0) is 11.5. The van der Waals surface area contributed by atoms with Crippen molar-refractivity contribution in [2.75, 3.05) is 13.1 Å². The van der Waals surface area contributed by atoms with Crippen LogP contribution in [-0.4, -0.2) is 29.2 Å². The lowest BCUT2D eigenvalue weighted by atomic mass is 10.00. The Hall–Kier alpha value is -1.29. The molecule has 0 saturated heterocycles. The Bertz CT molecular complexity index is 442. The van der Waals surface area contributed by atoms with Gasteiger partial charge in [-0.15, -0.1) is 0 Å². The van der Waals surface area contributed by atoms with Crippen LogP contribution in [0, 0.1) is 0 Å². The number of hydrogen-bond donors (Lipinski definition) is 1. The van der Waals surface area contributed by atoms with E-state index in [-0.39, 0.29) is 0 Å². The molecule has 0 radical (unpaired) electrons. The second-order valence-electron chi connectivity index (χ2n) is 3.72. The Morgan fingerprint density at radius 2 is 2.25 bits per heavy atom. The predicted octanol–water partition coefficient (Wildman–Crippen LogP) is 3.22. The fourth-order valence-corrected chi connectivity index (χ4v) is 2.19. The van der Waals surface area contributed by atoms with Gasteiger partial charge in [0.25, 0.3) is 0 Å². The molecule has 0 bridgehead atoms. The molecule has 2 rings (SSSR count). The molecule has 1 heterocycles. The number of amides is 1. The third kappa shape index (κ3) is 2.44. The van der Waals surface area contributed by atoms with Crippen molar-refractivity contribution in [1.29, 1.82) is 0 Å². The second-order valence-corrected chi connectivity index (χ2v) is 4.63. The van der Waals surface area contributed by atoms with Crippen LogP contribution in [0.2, 0.25) is 0 Å². The van der Waals surface area contributed by atoms with Crippen LogP contribution in [0.4, 0.5) is 4.79 Å². The first-order valence-corrected chi connectivity index (χ1v) is 5.89. The molecule has 0 saturated carbocycles. The molecule has 16 heavy (non-hydrogen) atoms. The van der Waals surface area contributed by atoms with Gasteiger partial charge in [0.15, 0.2) is 0 Å². The third-order valence-electron chi connectivity index (χ3n) is 2.68. The van der Waals surface area contributed by atoms with Gasteiger partial charge in [-0.3, -0.25) is 0 Å². The Kier molecular flexibility index (Phi) is 3.29. The highest BCUT2D eigenvalue weighted by Crippen LogP contribution is 2.24. The van der Waals surface area contributed by atoms with Gasteiger partial charge in [-0.2, -0.15) is 0 Å². The molecule has 84 valence electrons. The van der Waals surface area contributed by atoms with Crippen LogP contribution in [0.15, 0.2) is 34.8 Å². The van der Waals surface area contributed by atoms with E-state index in [0.717, 1.165) is 10.9 Å². The maximum absolute atomic E-state index is 10.7. The lowest BCUT2D eigenvalue weighted by Gasteiger charge is -2.23. The smallest absolute Gasteiger partial charge is 0.407 e. The maximum atomic E-state index is 10.7. The molecule has 0 spiro atoms. The molecule has 0 fully saturated rings. The average molecular weight is 282 g/mol. The summed E-state index contributed by atoms with van der Waals surface area (Å²) in [6.07, 6.45) is 1.92. The normalized spacial score (nSPS) is 15.8. The molecule has 0 aliphatic carbocycles. The average Bonchev–Trinajstić information content (AvgIpc) is 2.29. The Labute approximate surface area is 103 Å². The zero-order valence-electron chi connectivity index (χ0n) is 8.69. The van der Waals surface area contributed by atoms with Crippen molar-refractivity contribution in [3.63, 3.8) is 0 Å². The highest BCUT2D eigenvalue weighted by molar-refractivity contribution is 9.10. The molecule has 1 aromatic carbocycles. The largest absolute Gasteiger partial charge is 0.465 e. The van der Waals surface area contributed by atoms with Crippen molar-refractivity contribution in [2.45, 2.75) is 6.42 Å². The summed E-state index contributed by atoms with van der Waals surface area (Å²) in [5.74, 6) is 0. The first kappa shape index (κ1) is 11.2. The van der Waals surface area contributed by atoms with Gasteiger partial charge in [0.2, 0.25) is 0 Å². The van der Waals surface area contributed by atoms with Crippen LogP contribution in [0.3, 0.4) is 0 Å². The van der Waals surface area contributed by atoms with E-state index >= 15 is 0 Å². The molecule has 1 aliphatic rings. The summed E-state index contributed by atoms with van der Waals surface area (Å²) in [5, 5.41) is 8.83.